The summed E-state index contributed by atoms with van der Waals surface area (Å²) in [5, 5.41) is 10.7. The van der Waals surface area contributed by atoms with Gasteiger partial charge in [-0.15, -0.1) is 0 Å². The van der Waals surface area contributed by atoms with Crippen molar-refractivity contribution in [1.82, 2.24) is 0 Å². The van der Waals surface area contributed by atoms with Crippen LogP contribution in [0.1, 0.15) is 459 Å². The zero-order valence-electron chi connectivity index (χ0n) is 69.0. The Morgan fingerprint density at radius 2 is 0.486 bits per heavy atom. The lowest BCUT2D eigenvalue weighted by atomic mass is 9.99. The molecule has 0 aromatic rings. The molecule has 19 heteroatoms. The van der Waals surface area contributed by atoms with Crippen LogP contribution in [0.4, 0.5) is 0 Å². The van der Waals surface area contributed by atoms with Crippen LogP contribution in [0.3, 0.4) is 0 Å². The fourth-order valence-corrected chi connectivity index (χ4v) is 15.0. The predicted molar refractivity (Wildman–Crippen MR) is 432 cm³/mol. The van der Waals surface area contributed by atoms with Gasteiger partial charge in [-0.2, -0.15) is 0 Å². The predicted octanol–water partition coefficient (Wildman–Crippen LogP) is 26.2. The third-order valence-corrected chi connectivity index (χ3v) is 22.5. The van der Waals surface area contributed by atoms with Gasteiger partial charge in [0.15, 0.2) is 12.2 Å². The van der Waals surface area contributed by atoms with Gasteiger partial charge in [0.05, 0.1) is 26.4 Å². The van der Waals surface area contributed by atoms with Crippen LogP contribution in [0.25, 0.3) is 0 Å². The van der Waals surface area contributed by atoms with E-state index in [1.807, 2.05) is 0 Å². The number of ether oxygens (including phenoxy) is 4. The summed E-state index contributed by atoms with van der Waals surface area (Å²) in [5.74, 6) is -0.444. The molecule has 17 nitrogen and oxygen atoms in total. The van der Waals surface area contributed by atoms with Gasteiger partial charge in [-0.1, -0.05) is 408 Å². The molecule has 0 radical (unpaired) electrons. The zero-order valence-corrected chi connectivity index (χ0v) is 70.8. The number of aliphatic hydroxyl groups is 1. The lowest BCUT2D eigenvalue weighted by molar-refractivity contribution is -0.161. The molecule has 0 saturated heterocycles. The molecule has 6 atom stereocenters. The molecule has 3 N–H and O–H groups in total. The maximum Gasteiger partial charge on any atom is 0.472 e. The summed E-state index contributed by atoms with van der Waals surface area (Å²) in [6, 6.07) is 0. The Kier molecular flexibility index (Phi) is 76.0. The summed E-state index contributed by atoms with van der Waals surface area (Å²) < 4.78 is 68.9. The van der Waals surface area contributed by atoms with Crippen LogP contribution in [0, 0.1) is 11.8 Å². The second kappa shape index (κ2) is 77.4. The van der Waals surface area contributed by atoms with Gasteiger partial charge >= 0.3 is 39.5 Å². The van der Waals surface area contributed by atoms with E-state index in [1.165, 1.54) is 276 Å². The van der Waals surface area contributed by atoms with Crippen LogP contribution in [0.5, 0.6) is 0 Å². The first-order chi connectivity index (χ1) is 50.9. The van der Waals surface area contributed by atoms with Gasteiger partial charge in [0.25, 0.3) is 0 Å². The molecule has 3 unspecified atom stereocenters. The Labute approximate surface area is 645 Å². The highest BCUT2D eigenvalue weighted by atomic mass is 31.2. The van der Waals surface area contributed by atoms with Crippen molar-refractivity contribution >= 4 is 39.5 Å². The number of carbonyl (C=O) groups excluding carboxylic acids is 4. The van der Waals surface area contributed by atoms with Crippen LogP contribution < -0.4 is 0 Å². The number of aliphatic hydroxyl groups excluding tert-OH is 1. The number of esters is 4. The van der Waals surface area contributed by atoms with Crippen molar-refractivity contribution in [2.24, 2.45) is 11.8 Å². The number of phosphoric ester groups is 2. The van der Waals surface area contributed by atoms with E-state index in [1.54, 1.807) is 0 Å². The summed E-state index contributed by atoms with van der Waals surface area (Å²) in [5.41, 5.74) is 0. The van der Waals surface area contributed by atoms with Gasteiger partial charge in [0, 0.05) is 25.7 Å². The standard InChI is InChI=1S/C86H168O17P2/c1-7-10-12-14-16-18-20-21-22-25-29-34-39-45-51-57-63-69-84(89)97-75-82(103-85(90)70-64-58-52-46-40-35-30-27-24-23-26-28-33-38-43-49-55-61-67-79(6)9-3)77-101-105(94,95)99-73-80(87)72-98-104(92,93)100-76-81(74-96-83(88)68-62-56-50-44-19-17-15-13-11-8-2)102-86(91)71-65-59-53-47-41-36-31-32-37-42-48-54-60-66-78(4)5/h78-82,87H,7-77H2,1-6H3,(H,92,93)(H,94,95)/t79?,80-,81+,82+/m0/s1. The average molecular weight is 1540 g/mol. The smallest absolute Gasteiger partial charge is 0.462 e. The van der Waals surface area contributed by atoms with Gasteiger partial charge < -0.3 is 33.8 Å². The molecule has 0 amide bonds. The molecule has 0 heterocycles. The number of unbranched alkanes of at least 4 members (excludes halogenated alkanes) is 54. The largest absolute Gasteiger partial charge is 0.472 e. The molecule has 105 heavy (non-hydrogen) atoms. The first-order valence-corrected chi connectivity index (χ1v) is 47.5. The highest BCUT2D eigenvalue weighted by Crippen LogP contribution is 2.45. The highest BCUT2D eigenvalue weighted by molar-refractivity contribution is 7.47. The number of hydrogen-bond donors (Lipinski definition) is 3. The van der Waals surface area contributed by atoms with Crippen molar-refractivity contribution < 1.29 is 80.2 Å². The molecule has 0 aromatic heterocycles. The van der Waals surface area contributed by atoms with Gasteiger partial charge in [-0.25, -0.2) is 9.13 Å². The lowest BCUT2D eigenvalue weighted by Gasteiger charge is -2.21. The molecule has 0 bridgehead atoms. The molecule has 0 aliphatic rings. The molecule has 0 aliphatic carbocycles. The maximum absolute atomic E-state index is 13.1. The highest BCUT2D eigenvalue weighted by Gasteiger charge is 2.30. The molecule has 0 aromatic carbocycles. The Bertz CT molecular complexity index is 2010. The summed E-state index contributed by atoms with van der Waals surface area (Å²) in [6.07, 6.45) is 69.3. The molecule has 0 rings (SSSR count). The zero-order chi connectivity index (χ0) is 77.1. The Balaban J connectivity index is 5.22. The lowest BCUT2D eigenvalue weighted by Crippen LogP contribution is -2.30. The molecule has 0 aliphatic heterocycles. The van der Waals surface area contributed by atoms with Gasteiger partial charge in [0.1, 0.15) is 19.3 Å². The Morgan fingerprint density at radius 3 is 0.724 bits per heavy atom. The molecule has 624 valence electrons. The van der Waals surface area contributed by atoms with Gasteiger partial charge in [-0.05, 0) is 37.5 Å². The quantitative estimate of drug-likeness (QED) is 0.0222. The first-order valence-electron chi connectivity index (χ1n) is 44.5. The maximum atomic E-state index is 13.1. The summed E-state index contributed by atoms with van der Waals surface area (Å²) in [7, 11) is -9.93. The molecular weight excluding hydrogens is 1370 g/mol. The van der Waals surface area contributed by atoms with Crippen LogP contribution in [0.2, 0.25) is 0 Å². The van der Waals surface area contributed by atoms with Crippen molar-refractivity contribution in [3.8, 4) is 0 Å². The van der Waals surface area contributed by atoms with Crippen LogP contribution >= 0.6 is 15.6 Å². The third-order valence-electron chi connectivity index (χ3n) is 20.6. The fraction of sp³-hybridized carbons (Fsp3) is 0.953. The van der Waals surface area contributed by atoms with E-state index in [4.69, 9.17) is 37.0 Å². The number of hydrogen-bond acceptors (Lipinski definition) is 15. The van der Waals surface area contributed by atoms with Crippen molar-refractivity contribution in [1.29, 1.82) is 0 Å². The van der Waals surface area contributed by atoms with Crippen LogP contribution in [0.15, 0.2) is 0 Å². The van der Waals surface area contributed by atoms with E-state index in [2.05, 4.69) is 41.5 Å². The minimum Gasteiger partial charge on any atom is -0.462 e. The Morgan fingerprint density at radius 1 is 0.276 bits per heavy atom. The summed E-state index contributed by atoms with van der Waals surface area (Å²) in [4.78, 5) is 73.2. The fourth-order valence-electron chi connectivity index (χ4n) is 13.4. The summed E-state index contributed by atoms with van der Waals surface area (Å²) in [6.45, 7) is 9.75. The Hall–Kier alpha value is -1.94. The monoisotopic (exact) mass is 1540 g/mol. The normalized spacial score (nSPS) is 14.1. The van der Waals surface area contributed by atoms with Crippen molar-refractivity contribution in [3.63, 3.8) is 0 Å². The van der Waals surface area contributed by atoms with Crippen LogP contribution in [-0.4, -0.2) is 96.7 Å². The average Bonchev–Trinajstić information content (AvgIpc) is 0.904. The van der Waals surface area contributed by atoms with E-state index in [-0.39, 0.29) is 25.7 Å². The number of rotatable bonds is 85. The number of phosphoric acid groups is 2. The van der Waals surface area contributed by atoms with Crippen LogP contribution in [-0.2, 0) is 65.4 Å². The molecular formula is C86H168O17P2. The molecule has 0 saturated carbocycles. The molecule has 0 spiro atoms. The minimum absolute atomic E-state index is 0.108. The minimum atomic E-state index is -4.97. The van der Waals surface area contributed by atoms with E-state index in [0.29, 0.717) is 25.7 Å². The van der Waals surface area contributed by atoms with E-state index in [0.717, 1.165) is 102 Å². The molecule has 0 fully saturated rings. The van der Waals surface area contributed by atoms with Crippen molar-refractivity contribution in [3.05, 3.63) is 0 Å². The van der Waals surface area contributed by atoms with Crippen molar-refractivity contribution in [2.45, 2.75) is 477 Å². The van der Waals surface area contributed by atoms with E-state index >= 15 is 0 Å². The third kappa shape index (κ3) is 78.5. The first kappa shape index (κ1) is 103. The second-order valence-electron chi connectivity index (χ2n) is 31.6. The van der Waals surface area contributed by atoms with E-state index < -0.39 is 97.5 Å². The topological polar surface area (TPSA) is 237 Å². The van der Waals surface area contributed by atoms with Crippen molar-refractivity contribution in [2.75, 3.05) is 39.6 Å². The van der Waals surface area contributed by atoms with Gasteiger partial charge in [-0.3, -0.25) is 37.3 Å². The number of carbonyl (C=O) groups is 4. The van der Waals surface area contributed by atoms with E-state index in [9.17, 15) is 43.2 Å². The second-order valence-corrected chi connectivity index (χ2v) is 34.6. The summed E-state index contributed by atoms with van der Waals surface area (Å²) >= 11 is 0. The van der Waals surface area contributed by atoms with Gasteiger partial charge in [0.2, 0.25) is 0 Å². The SMILES string of the molecule is CCCCCCCCCCCCCCCCCCCC(=O)OC[C@H](COP(=O)(O)OC[C@@H](O)COP(=O)(O)OC[C@@H](COC(=O)CCCCCCCCCCCC)OC(=O)CCCCCCCCCCCCCCCC(C)C)OC(=O)CCCCCCCCCCCCCCCCCCCCC(C)CC.